The maximum absolute atomic E-state index is 12.6. The van der Waals surface area contributed by atoms with Crippen LogP contribution in [-0.2, 0) is 19.1 Å². The molecule has 2 aromatic carbocycles. The quantitative estimate of drug-likeness (QED) is 0.567. The minimum absolute atomic E-state index is 0.0626. The molecule has 3 atom stereocenters. The number of alkyl carbamates (subject to hydrolysis) is 1. The van der Waals surface area contributed by atoms with Crippen molar-refractivity contribution in [2.24, 2.45) is 0 Å². The lowest BCUT2D eigenvalue weighted by Crippen LogP contribution is -2.52. The van der Waals surface area contributed by atoms with Crippen molar-refractivity contribution < 1.29 is 29.0 Å². The Morgan fingerprint density at radius 1 is 1.09 bits per heavy atom. The van der Waals surface area contributed by atoms with Gasteiger partial charge in [-0.25, -0.2) is 9.59 Å². The van der Waals surface area contributed by atoms with E-state index >= 15 is 0 Å². The van der Waals surface area contributed by atoms with Gasteiger partial charge in [-0.15, -0.1) is 0 Å². The number of hydrogen-bond donors (Lipinski definition) is 3. The van der Waals surface area contributed by atoms with Gasteiger partial charge in [0.15, 0.2) is 6.10 Å². The molecule has 1 fully saturated rings. The number of carbonyl (C=O) groups is 3. The largest absolute Gasteiger partial charge is 0.480 e. The van der Waals surface area contributed by atoms with Crippen molar-refractivity contribution in [1.29, 1.82) is 0 Å². The first-order chi connectivity index (χ1) is 16.0. The van der Waals surface area contributed by atoms with Gasteiger partial charge in [0.25, 0.3) is 5.91 Å². The minimum Gasteiger partial charge on any atom is -0.480 e. The Labute approximate surface area is 192 Å². The number of nitrogens with one attached hydrogen (secondary N) is 2. The molecule has 0 bridgehead atoms. The van der Waals surface area contributed by atoms with E-state index in [-0.39, 0.29) is 19.1 Å². The number of rotatable bonds is 8. The van der Waals surface area contributed by atoms with Crippen LogP contribution < -0.4 is 10.6 Å². The molecule has 1 aliphatic carbocycles. The van der Waals surface area contributed by atoms with Crippen LogP contribution in [0.3, 0.4) is 0 Å². The van der Waals surface area contributed by atoms with Crippen LogP contribution in [-0.4, -0.2) is 54.5 Å². The summed E-state index contributed by atoms with van der Waals surface area (Å²) in [6.07, 6.45) is -0.214. The Balaban J connectivity index is 1.36. The smallest absolute Gasteiger partial charge is 0.407 e. The Bertz CT molecular complexity index is 994. The van der Waals surface area contributed by atoms with E-state index in [4.69, 9.17) is 9.47 Å². The maximum atomic E-state index is 12.6. The summed E-state index contributed by atoms with van der Waals surface area (Å²) in [5, 5.41) is 14.5. The summed E-state index contributed by atoms with van der Waals surface area (Å²) in [5.41, 5.74) is 4.51. The molecule has 2 aliphatic rings. The van der Waals surface area contributed by atoms with Crippen LogP contribution in [0.25, 0.3) is 11.1 Å². The fourth-order valence-corrected chi connectivity index (χ4v) is 4.59. The second-order valence-electron chi connectivity index (χ2n) is 8.34. The molecule has 1 aliphatic heterocycles. The van der Waals surface area contributed by atoms with E-state index in [9.17, 15) is 19.5 Å². The molecule has 0 aromatic heterocycles. The summed E-state index contributed by atoms with van der Waals surface area (Å²) >= 11 is 0. The maximum Gasteiger partial charge on any atom is 0.407 e. The number of carboxylic acid groups (broad SMARTS) is 1. The monoisotopic (exact) mass is 452 g/mol. The topological polar surface area (TPSA) is 114 Å². The molecular formula is C25H28N2O6. The van der Waals surface area contributed by atoms with Gasteiger partial charge in [-0.2, -0.15) is 0 Å². The molecule has 33 heavy (non-hydrogen) atoms. The molecule has 2 amide bonds. The van der Waals surface area contributed by atoms with Gasteiger partial charge >= 0.3 is 12.1 Å². The molecule has 4 rings (SSSR count). The van der Waals surface area contributed by atoms with E-state index in [1.54, 1.807) is 0 Å². The van der Waals surface area contributed by atoms with Gasteiger partial charge in [0.2, 0.25) is 0 Å². The van der Waals surface area contributed by atoms with Crippen molar-refractivity contribution in [1.82, 2.24) is 10.6 Å². The summed E-state index contributed by atoms with van der Waals surface area (Å²) in [6.45, 7) is 2.30. The zero-order chi connectivity index (χ0) is 23.4. The zero-order valence-corrected chi connectivity index (χ0v) is 18.5. The predicted molar refractivity (Wildman–Crippen MR) is 121 cm³/mol. The number of aliphatic carboxylic acids is 1. The van der Waals surface area contributed by atoms with Crippen molar-refractivity contribution in [3.05, 3.63) is 59.7 Å². The molecular weight excluding hydrogens is 424 g/mol. The average Bonchev–Trinajstić information content (AvgIpc) is 3.40. The minimum atomic E-state index is -1.09. The lowest BCUT2D eigenvalue weighted by molar-refractivity contribution is -0.144. The molecule has 2 aromatic rings. The summed E-state index contributed by atoms with van der Waals surface area (Å²) in [5.74, 6) is -1.70. The van der Waals surface area contributed by atoms with Gasteiger partial charge in [0, 0.05) is 12.5 Å². The average molecular weight is 453 g/mol. The molecule has 8 nitrogen and oxygen atoms in total. The van der Waals surface area contributed by atoms with Crippen LogP contribution in [0.4, 0.5) is 4.79 Å². The fraction of sp³-hybridized carbons (Fsp3) is 0.400. The van der Waals surface area contributed by atoms with Crippen molar-refractivity contribution in [3.63, 3.8) is 0 Å². The first-order valence-electron chi connectivity index (χ1n) is 11.3. The lowest BCUT2D eigenvalue weighted by atomic mass is 9.98. The number of benzene rings is 2. The molecule has 3 unspecified atom stereocenters. The van der Waals surface area contributed by atoms with Crippen LogP contribution >= 0.6 is 0 Å². The standard InChI is InChI=1S/C25H28N2O6/c1-2-7-21(24(29)30)26-23(28)22-20(12-13-32-22)27-25(31)33-14-19-17-10-5-3-8-15(17)16-9-4-6-11-18(16)19/h3-6,8-11,19-22H,2,7,12-14H2,1H3,(H,26,28)(H,27,31)(H,29,30). The van der Waals surface area contributed by atoms with Crippen molar-refractivity contribution in [2.75, 3.05) is 13.2 Å². The Kier molecular flexibility index (Phi) is 6.93. The van der Waals surface area contributed by atoms with E-state index in [2.05, 4.69) is 22.8 Å². The number of carbonyl (C=O) groups excluding carboxylic acids is 2. The summed E-state index contributed by atoms with van der Waals surface area (Å²) < 4.78 is 11.0. The van der Waals surface area contributed by atoms with E-state index < -0.39 is 36.2 Å². The molecule has 1 saturated heterocycles. The third-order valence-corrected chi connectivity index (χ3v) is 6.19. The van der Waals surface area contributed by atoms with Crippen molar-refractivity contribution >= 4 is 18.0 Å². The molecule has 174 valence electrons. The van der Waals surface area contributed by atoms with Crippen LogP contribution in [0.15, 0.2) is 48.5 Å². The van der Waals surface area contributed by atoms with Crippen LogP contribution in [0, 0.1) is 0 Å². The van der Waals surface area contributed by atoms with E-state index in [0.717, 1.165) is 22.3 Å². The van der Waals surface area contributed by atoms with Gasteiger partial charge in [-0.1, -0.05) is 61.9 Å². The summed E-state index contributed by atoms with van der Waals surface area (Å²) in [4.78, 5) is 36.5. The SMILES string of the molecule is CCCC(NC(=O)C1OCCC1NC(=O)OCC1c2ccccc2-c2ccccc21)C(=O)O. The number of ether oxygens (including phenoxy) is 2. The third kappa shape index (κ3) is 4.85. The van der Waals surface area contributed by atoms with Crippen LogP contribution in [0.2, 0.25) is 0 Å². The number of carboxylic acids is 1. The van der Waals surface area contributed by atoms with Gasteiger partial charge in [-0.05, 0) is 35.1 Å². The molecule has 8 heteroatoms. The summed E-state index contributed by atoms with van der Waals surface area (Å²) in [6, 6.07) is 14.6. The Morgan fingerprint density at radius 2 is 1.73 bits per heavy atom. The second kappa shape index (κ2) is 10.0. The molecule has 3 N–H and O–H groups in total. The lowest BCUT2D eigenvalue weighted by Gasteiger charge is -2.22. The van der Waals surface area contributed by atoms with Crippen LogP contribution in [0.1, 0.15) is 43.2 Å². The second-order valence-corrected chi connectivity index (χ2v) is 8.34. The highest BCUT2D eigenvalue weighted by molar-refractivity contribution is 5.87. The Morgan fingerprint density at radius 3 is 2.33 bits per heavy atom. The number of amides is 2. The van der Waals surface area contributed by atoms with Crippen molar-refractivity contribution in [2.45, 2.75) is 50.3 Å². The normalized spacial score (nSPS) is 19.9. The number of hydrogen-bond acceptors (Lipinski definition) is 5. The van der Waals surface area contributed by atoms with Gasteiger partial charge < -0.3 is 25.2 Å². The first-order valence-corrected chi connectivity index (χ1v) is 11.3. The molecule has 0 saturated carbocycles. The third-order valence-electron chi connectivity index (χ3n) is 6.19. The fourth-order valence-electron chi connectivity index (χ4n) is 4.59. The van der Waals surface area contributed by atoms with Gasteiger partial charge in [0.05, 0.1) is 6.04 Å². The van der Waals surface area contributed by atoms with Gasteiger partial charge in [-0.3, -0.25) is 4.79 Å². The highest BCUT2D eigenvalue weighted by Gasteiger charge is 2.37. The first kappa shape index (κ1) is 22.8. The van der Waals surface area contributed by atoms with Gasteiger partial charge in [0.1, 0.15) is 12.6 Å². The predicted octanol–water partition coefficient (Wildman–Crippen LogP) is 3.05. The van der Waals surface area contributed by atoms with E-state index in [1.165, 1.54) is 0 Å². The van der Waals surface area contributed by atoms with E-state index in [1.807, 2.05) is 43.3 Å². The van der Waals surface area contributed by atoms with E-state index in [0.29, 0.717) is 19.3 Å². The molecule has 0 spiro atoms. The van der Waals surface area contributed by atoms with Crippen LogP contribution in [0.5, 0.6) is 0 Å². The Hall–Kier alpha value is -3.39. The molecule has 0 radical (unpaired) electrons. The van der Waals surface area contributed by atoms with Crippen molar-refractivity contribution in [3.8, 4) is 11.1 Å². The highest BCUT2D eigenvalue weighted by atomic mass is 16.6. The summed E-state index contributed by atoms with van der Waals surface area (Å²) in [7, 11) is 0. The molecule has 1 heterocycles. The zero-order valence-electron chi connectivity index (χ0n) is 18.5. The highest BCUT2D eigenvalue weighted by Crippen LogP contribution is 2.44. The number of fused-ring (bicyclic) bond motifs is 3.